The van der Waals surface area contributed by atoms with E-state index in [1.807, 2.05) is 13.8 Å². The number of rotatable bonds is 3. The highest BCUT2D eigenvalue weighted by molar-refractivity contribution is 6.31. The quantitative estimate of drug-likeness (QED) is 0.428. The van der Waals surface area contributed by atoms with Gasteiger partial charge in [-0.25, -0.2) is 0 Å². The van der Waals surface area contributed by atoms with E-state index in [0.29, 0.717) is 0 Å². The van der Waals surface area contributed by atoms with Crippen LogP contribution in [0.3, 0.4) is 0 Å². The fourth-order valence-electron chi connectivity index (χ4n) is 0.299. The molecule has 2 heteroatoms. The number of alkyl halides is 1. The number of nitrogens with zero attached hydrogens (tertiary/aromatic N) is 1. The molecule has 1 atom stereocenters. The molecule has 0 rings (SSSR count). The lowest BCUT2D eigenvalue weighted by atomic mass is 10.1. The van der Waals surface area contributed by atoms with Gasteiger partial charge in [0.15, 0.2) is 0 Å². The van der Waals surface area contributed by atoms with E-state index in [2.05, 4.69) is 11.6 Å². The molecule has 0 heterocycles. The summed E-state index contributed by atoms with van der Waals surface area (Å²) in [5, 5.41) is 0. The third-order valence-electron chi connectivity index (χ3n) is 1.14. The molecule has 0 unspecified atom stereocenters. The van der Waals surface area contributed by atoms with Crippen molar-refractivity contribution in [3.63, 3.8) is 0 Å². The van der Waals surface area contributed by atoms with E-state index in [-0.39, 0.29) is 4.87 Å². The molecule has 9 heavy (non-hydrogen) atoms. The lowest BCUT2D eigenvalue weighted by Crippen LogP contribution is -2.15. The molecule has 0 bridgehead atoms. The van der Waals surface area contributed by atoms with Crippen molar-refractivity contribution in [1.82, 2.24) is 0 Å². The minimum absolute atomic E-state index is 0.297. The lowest BCUT2D eigenvalue weighted by molar-refractivity contribution is 0.796. The molecule has 0 spiro atoms. The predicted octanol–water partition coefficient (Wildman–Crippen LogP) is 2.61. The standard InChI is InChI=1S/C7H12ClN/c1-4-7(3,8)6-9-5-2/h5-6H,2,4H2,1,3H3/b9-6-/t7-/m1/s1. The van der Waals surface area contributed by atoms with Crippen molar-refractivity contribution in [2.24, 2.45) is 4.99 Å². The topological polar surface area (TPSA) is 12.4 Å². The van der Waals surface area contributed by atoms with E-state index in [4.69, 9.17) is 11.6 Å². The van der Waals surface area contributed by atoms with Gasteiger partial charge in [-0.05, 0) is 13.3 Å². The average molecular weight is 146 g/mol. The fraction of sp³-hybridized carbons (Fsp3) is 0.571. The van der Waals surface area contributed by atoms with E-state index in [0.717, 1.165) is 6.42 Å². The largest absolute Gasteiger partial charge is 0.268 e. The molecule has 0 N–H and O–H groups in total. The third kappa shape index (κ3) is 4.22. The van der Waals surface area contributed by atoms with E-state index in [1.165, 1.54) is 6.20 Å². The molecule has 0 aromatic heterocycles. The monoisotopic (exact) mass is 145 g/mol. The molecule has 0 aliphatic heterocycles. The minimum Gasteiger partial charge on any atom is -0.268 e. The maximum atomic E-state index is 5.90. The van der Waals surface area contributed by atoms with Gasteiger partial charge in [0.1, 0.15) is 0 Å². The van der Waals surface area contributed by atoms with Gasteiger partial charge in [0, 0.05) is 12.4 Å². The van der Waals surface area contributed by atoms with Gasteiger partial charge in [0.05, 0.1) is 4.87 Å². The predicted molar refractivity (Wildman–Crippen MR) is 43.2 cm³/mol. The third-order valence-corrected chi connectivity index (χ3v) is 1.51. The summed E-state index contributed by atoms with van der Waals surface area (Å²) in [5.41, 5.74) is 0. The summed E-state index contributed by atoms with van der Waals surface area (Å²) in [6.07, 6.45) is 4.06. The van der Waals surface area contributed by atoms with Gasteiger partial charge < -0.3 is 0 Å². The van der Waals surface area contributed by atoms with Gasteiger partial charge in [-0.1, -0.05) is 13.5 Å². The minimum atomic E-state index is -0.297. The molecule has 0 fully saturated rings. The second-order valence-corrected chi connectivity index (χ2v) is 2.96. The summed E-state index contributed by atoms with van der Waals surface area (Å²) < 4.78 is 0. The zero-order chi connectivity index (χ0) is 7.33. The first-order chi connectivity index (χ1) is 4.12. The Hall–Kier alpha value is -0.300. The molecule has 0 aromatic rings. The van der Waals surface area contributed by atoms with E-state index in [1.54, 1.807) is 6.21 Å². The van der Waals surface area contributed by atoms with Crippen LogP contribution in [0.2, 0.25) is 0 Å². The number of hydrogen-bond acceptors (Lipinski definition) is 1. The molecule has 0 saturated heterocycles. The number of halogens is 1. The SMILES string of the molecule is C=C/N=C\[C@](C)(Cl)CC. The van der Waals surface area contributed by atoms with E-state index < -0.39 is 0 Å². The highest BCUT2D eigenvalue weighted by atomic mass is 35.5. The Morgan fingerprint density at radius 2 is 2.33 bits per heavy atom. The van der Waals surface area contributed by atoms with Crippen molar-refractivity contribution in [2.45, 2.75) is 25.1 Å². The van der Waals surface area contributed by atoms with Crippen LogP contribution in [0.5, 0.6) is 0 Å². The van der Waals surface area contributed by atoms with Crippen molar-refractivity contribution in [3.8, 4) is 0 Å². The molecule has 0 aromatic carbocycles. The molecular weight excluding hydrogens is 134 g/mol. The zero-order valence-corrected chi connectivity index (χ0v) is 6.65. The summed E-state index contributed by atoms with van der Waals surface area (Å²) in [5.74, 6) is 0. The fourth-order valence-corrected chi connectivity index (χ4v) is 0.356. The molecule has 0 radical (unpaired) electrons. The Morgan fingerprint density at radius 3 is 2.67 bits per heavy atom. The molecule has 1 nitrogen and oxygen atoms in total. The molecule has 0 saturated carbocycles. The van der Waals surface area contributed by atoms with Gasteiger partial charge in [-0.2, -0.15) is 0 Å². The van der Waals surface area contributed by atoms with Gasteiger partial charge in [-0.15, -0.1) is 11.6 Å². The summed E-state index contributed by atoms with van der Waals surface area (Å²) in [4.78, 5) is 3.52. The molecular formula is C7H12ClN. The Morgan fingerprint density at radius 1 is 1.78 bits per heavy atom. The van der Waals surface area contributed by atoms with E-state index >= 15 is 0 Å². The number of hydrogen-bond donors (Lipinski definition) is 0. The van der Waals surface area contributed by atoms with E-state index in [9.17, 15) is 0 Å². The molecule has 52 valence electrons. The molecule has 0 aliphatic carbocycles. The Balaban J connectivity index is 3.84. The maximum absolute atomic E-state index is 5.90. The lowest BCUT2D eigenvalue weighted by Gasteiger charge is -2.11. The van der Waals surface area contributed by atoms with Crippen molar-refractivity contribution < 1.29 is 0 Å². The smallest absolute Gasteiger partial charge is 0.0766 e. The first kappa shape index (κ1) is 8.70. The zero-order valence-electron chi connectivity index (χ0n) is 5.89. The van der Waals surface area contributed by atoms with Gasteiger partial charge in [-0.3, -0.25) is 4.99 Å². The highest BCUT2D eigenvalue weighted by Crippen LogP contribution is 2.14. The van der Waals surface area contributed by atoms with Crippen molar-refractivity contribution >= 4 is 17.8 Å². The Bertz CT molecular complexity index is 116. The first-order valence-electron chi connectivity index (χ1n) is 2.96. The summed E-state index contributed by atoms with van der Waals surface area (Å²) in [6, 6.07) is 0. The van der Waals surface area contributed by atoms with Crippen LogP contribution >= 0.6 is 11.6 Å². The highest BCUT2D eigenvalue weighted by Gasteiger charge is 2.13. The summed E-state index contributed by atoms with van der Waals surface area (Å²) >= 11 is 5.90. The van der Waals surface area contributed by atoms with Gasteiger partial charge in [0.25, 0.3) is 0 Å². The van der Waals surface area contributed by atoms with Crippen LogP contribution < -0.4 is 0 Å². The molecule has 0 aliphatic rings. The second kappa shape index (κ2) is 3.67. The van der Waals surface area contributed by atoms with Crippen LogP contribution in [-0.2, 0) is 0 Å². The first-order valence-corrected chi connectivity index (χ1v) is 3.34. The van der Waals surface area contributed by atoms with Crippen LogP contribution in [0, 0.1) is 0 Å². The summed E-state index contributed by atoms with van der Waals surface area (Å²) in [6.45, 7) is 7.38. The van der Waals surface area contributed by atoms with Crippen LogP contribution in [-0.4, -0.2) is 11.1 Å². The molecule has 0 amide bonds. The van der Waals surface area contributed by atoms with Crippen molar-refractivity contribution in [1.29, 1.82) is 0 Å². The van der Waals surface area contributed by atoms with Crippen LogP contribution in [0.15, 0.2) is 17.8 Å². The van der Waals surface area contributed by atoms with Crippen LogP contribution in [0.4, 0.5) is 0 Å². The summed E-state index contributed by atoms with van der Waals surface area (Å²) in [7, 11) is 0. The number of aliphatic imine (C=N–C) groups is 1. The van der Waals surface area contributed by atoms with Gasteiger partial charge in [0.2, 0.25) is 0 Å². The normalized spacial score (nSPS) is 17.7. The van der Waals surface area contributed by atoms with Gasteiger partial charge >= 0.3 is 0 Å². The second-order valence-electron chi connectivity index (χ2n) is 2.09. The Labute approximate surface area is 61.4 Å². The maximum Gasteiger partial charge on any atom is 0.0766 e. The van der Waals surface area contributed by atoms with Crippen molar-refractivity contribution in [2.75, 3.05) is 0 Å². The Kier molecular flexibility index (Phi) is 3.55. The van der Waals surface area contributed by atoms with Crippen LogP contribution in [0.25, 0.3) is 0 Å². The average Bonchev–Trinajstić information content (AvgIpc) is 1.84. The van der Waals surface area contributed by atoms with Crippen LogP contribution in [0.1, 0.15) is 20.3 Å². The van der Waals surface area contributed by atoms with Crippen molar-refractivity contribution in [3.05, 3.63) is 12.8 Å².